The van der Waals surface area contributed by atoms with Gasteiger partial charge in [0, 0.05) is 5.75 Å². The van der Waals surface area contributed by atoms with Crippen LogP contribution in [0.1, 0.15) is 6.92 Å². The van der Waals surface area contributed by atoms with Gasteiger partial charge in [-0.15, -0.1) is 0 Å². The van der Waals surface area contributed by atoms with E-state index in [9.17, 15) is 4.79 Å². The smallest absolute Gasteiger partial charge is 0.346 e. The van der Waals surface area contributed by atoms with E-state index in [-0.39, 0.29) is 0 Å². The van der Waals surface area contributed by atoms with E-state index in [1.165, 1.54) is 0 Å². The fraction of sp³-hybridized carbons (Fsp3) is 0.600. The molecular formula is C5H9NO2S2. The standard InChI is InChI=1S/C5H9NO2S2/c1-2-9-10-4-6-3-5(7)8/h3H,2,4H2,1H3,(H,7,8)/b6-3+. The second-order valence-electron chi connectivity index (χ2n) is 1.30. The van der Waals surface area contributed by atoms with Crippen LogP contribution in [0.5, 0.6) is 0 Å². The molecule has 0 aromatic rings. The second-order valence-corrected chi connectivity index (χ2v) is 4.02. The number of carbonyl (C=O) groups is 1. The molecule has 0 saturated heterocycles. The van der Waals surface area contributed by atoms with Crippen LogP contribution in [-0.2, 0) is 4.79 Å². The Kier molecular flexibility index (Phi) is 6.84. The summed E-state index contributed by atoms with van der Waals surface area (Å²) in [5, 5.41) is 8.10. The lowest BCUT2D eigenvalue weighted by atomic mass is 10.8. The van der Waals surface area contributed by atoms with Gasteiger partial charge in [0.1, 0.15) is 6.21 Å². The van der Waals surface area contributed by atoms with Crippen molar-refractivity contribution in [2.24, 2.45) is 4.99 Å². The average Bonchev–Trinajstić information content (AvgIpc) is 1.87. The molecule has 0 saturated carbocycles. The third-order valence-electron chi connectivity index (χ3n) is 0.530. The van der Waals surface area contributed by atoms with Gasteiger partial charge in [-0.05, 0) is 0 Å². The molecule has 0 unspecified atom stereocenters. The monoisotopic (exact) mass is 179 g/mol. The molecule has 0 rings (SSSR count). The molecule has 10 heavy (non-hydrogen) atoms. The lowest BCUT2D eigenvalue weighted by Gasteiger charge is -1.89. The highest BCUT2D eigenvalue weighted by atomic mass is 33.1. The van der Waals surface area contributed by atoms with E-state index in [1.54, 1.807) is 21.6 Å². The maximum Gasteiger partial charge on any atom is 0.346 e. The molecule has 0 spiro atoms. The third-order valence-corrected chi connectivity index (χ3v) is 2.71. The summed E-state index contributed by atoms with van der Waals surface area (Å²) in [6, 6.07) is 0. The average molecular weight is 179 g/mol. The number of aliphatic carboxylic acids is 1. The molecule has 0 aliphatic carbocycles. The van der Waals surface area contributed by atoms with Crippen LogP contribution in [0.25, 0.3) is 0 Å². The molecule has 0 amide bonds. The van der Waals surface area contributed by atoms with Gasteiger partial charge in [0.05, 0.1) is 5.88 Å². The zero-order valence-corrected chi connectivity index (χ0v) is 7.24. The van der Waals surface area contributed by atoms with E-state index >= 15 is 0 Å². The van der Waals surface area contributed by atoms with Crippen LogP contribution in [0.3, 0.4) is 0 Å². The van der Waals surface area contributed by atoms with Gasteiger partial charge in [-0.1, -0.05) is 28.5 Å². The van der Waals surface area contributed by atoms with Crippen LogP contribution in [0.4, 0.5) is 0 Å². The van der Waals surface area contributed by atoms with E-state index in [2.05, 4.69) is 4.99 Å². The van der Waals surface area contributed by atoms with Gasteiger partial charge in [-0.3, -0.25) is 4.99 Å². The highest BCUT2D eigenvalue weighted by Crippen LogP contribution is 2.19. The summed E-state index contributed by atoms with van der Waals surface area (Å²) in [5.74, 6) is 0.556. The first-order valence-corrected chi connectivity index (χ1v) is 5.23. The number of hydrogen-bond acceptors (Lipinski definition) is 4. The van der Waals surface area contributed by atoms with Gasteiger partial charge in [0.2, 0.25) is 0 Å². The molecule has 0 aromatic carbocycles. The number of rotatable bonds is 5. The molecule has 0 heterocycles. The van der Waals surface area contributed by atoms with Crippen molar-refractivity contribution in [3.63, 3.8) is 0 Å². The van der Waals surface area contributed by atoms with Crippen molar-refractivity contribution in [3.8, 4) is 0 Å². The zero-order valence-electron chi connectivity index (χ0n) is 5.61. The first kappa shape index (κ1) is 9.84. The van der Waals surface area contributed by atoms with E-state index in [0.717, 1.165) is 12.0 Å². The van der Waals surface area contributed by atoms with Crippen LogP contribution in [-0.4, -0.2) is 28.9 Å². The number of carboxylic acids is 1. The van der Waals surface area contributed by atoms with Gasteiger partial charge in [-0.2, -0.15) is 0 Å². The van der Waals surface area contributed by atoms with Gasteiger partial charge >= 0.3 is 5.97 Å². The summed E-state index contributed by atoms with van der Waals surface area (Å²) in [6.45, 7) is 2.04. The van der Waals surface area contributed by atoms with E-state index in [0.29, 0.717) is 5.88 Å². The second kappa shape index (κ2) is 6.95. The predicted molar refractivity (Wildman–Crippen MR) is 46.7 cm³/mol. The molecule has 0 aliphatic rings. The number of hydrogen-bond donors (Lipinski definition) is 1. The molecular weight excluding hydrogens is 170 g/mol. The Bertz CT molecular complexity index is 127. The Morgan fingerprint density at radius 2 is 2.40 bits per heavy atom. The Balaban J connectivity index is 3.10. The topological polar surface area (TPSA) is 49.7 Å². The minimum Gasteiger partial charge on any atom is -0.477 e. The van der Waals surface area contributed by atoms with Gasteiger partial charge < -0.3 is 5.11 Å². The fourth-order valence-corrected chi connectivity index (χ4v) is 1.55. The normalized spacial score (nSPS) is 10.5. The quantitative estimate of drug-likeness (QED) is 0.395. The van der Waals surface area contributed by atoms with Crippen LogP contribution in [0.15, 0.2) is 4.99 Å². The molecule has 0 fully saturated rings. The number of aliphatic imine (C=N–C) groups is 1. The molecule has 1 N–H and O–H groups in total. The lowest BCUT2D eigenvalue weighted by Crippen LogP contribution is -1.94. The van der Waals surface area contributed by atoms with Crippen molar-refractivity contribution < 1.29 is 9.90 Å². The fourth-order valence-electron chi connectivity index (χ4n) is 0.266. The van der Waals surface area contributed by atoms with Crippen molar-refractivity contribution in [3.05, 3.63) is 0 Å². The summed E-state index contributed by atoms with van der Waals surface area (Å²) >= 11 is 0. The first-order valence-electron chi connectivity index (χ1n) is 2.74. The number of carboxylic acid groups (broad SMARTS) is 1. The van der Waals surface area contributed by atoms with Crippen molar-refractivity contribution in [1.29, 1.82) is 0 Å². The minimum absolute atomic E-state index is 0.519. The highest BCUT2D eigenvalue weighted by molar-refractivity contribution is 8.76. The molecule has 0 aromatic heterocycles. The van der Waals surface area contributed by atoms with Crippen molar-refractivity contribution in [2.45, 2.75) is 6.92 Å². The SMILES string of the molecule is CCSSC/N=C/C(=O)O. The molecule has 0 radical (unpaired) electrons. The van der Waals surface area contributed by atoms with E-state index in [4.69, 9.17) is 5.11 Å². The molecule has 58 valence electrons. The molecule has 0 atom stereocenters. The maximum absolute atomic E-state index is 9.87. The summed E-state index contributed by atoms with van der Waals surface area (Å²) in [6.07, 6.45) is 0.920. The van der Waals surface area contributed by atoms with Crippen LogP contribution >= 0.6 is 21.6 Å². The van der Waals surface area contributed by atoms with Gasteiger partial charge in [0.15, 0.2) is 0 Å². The Hall–Kier alpha value is -0.160. The Labute approximate surface area is 67.7 Å². The Morgan fingerprint density at radius 3 is 2.90 bits per heavy atom. The maximum atomic E-state index is 9.87. The zero-order chi connectivity index (χ0) is 7.82. The van der Waals surface area contributed by atoms with Crippen molar-refractivity contribution in [1.82, 2.24) is 0 Å². The summed E-state index contributed by atoms with van der Waals surface area (Å²) < 4.78 is 0. The predicted octanol–water partition coefficient (Wildman–Crippen LogP) is 1.50. The first-order chi connectivity index (χ1) is 4.77. The molecule has 3 nitrogen and oxygen atoms in total. The summed E-state index contributed by atoms with van der Waals surface area (Å²) in [7, 11) is 3.22. The van der Waals surface area contributed by atoms with Crippen LogP contribution in [0, 0.1) is 0 Å². The third kappa shape index (κ3) is 7.84. The van der Waals surface area contributed by atoms with Crippen LogP contribution < -0.4 is 0 Å². The van der Waals surface area contributed by atoms with E-state index in [1.807, 2.05) is 6.92 Å². The largest absolute Gasteiger partial charge is 0.477 e. The number of nitrogens with zero attached hydrogens (tertiary/aromatic N) is 1. The van der Waals surface area contributed by atoms with Crippen molar-refractivity contribution in [2.75, 3.05) is 11.6 Å². The molecule has 0 aliphatic heterocycles. The molecule has 5 heteroatoms. The van der Waals surface area contributed by atoms with Gasteiger partial charge in [-0.25, -0.2) is 4.79 Å². The summed E-state index contributed by atoms with van der Waals surface area (Å²) in [4.78, 5) is 13.5. The highest BCUT2D eigenvalue weighted by Gasteiger charge is 1.86. The van der Waals surface area contributed by atoms with Crippen LogP contribution in [0.2, 0.25) is 0 Å². The summed E-state index contributed by atoms with van der Waals surface area (Å²) in [5.41, 5.74) is 0. The molecule has 0 bridgehead atoms. The lowest BCUT2D eigenvalue weighted by molar-refractivity contribution is -0.128. The minimum atomic E-state index is -0.984. The van der Waals surface area contributed by atoms with Gasteiger partial charge in [0.25, 0.3) is 0 Å². The van der Waals surface area contributed by atoms with Crippen molar-refractivity contribution >= 4 is 33.8 Å². The Morgan fingerprint density at radius 1 is 1.70 bits per heavy atom. The van der Waals surface area contributed by atoms with E-state index < -0.39 is 5.97 Å².